The fourth-order valence-corrected chi connectivity index (χ4v) is 8.21. The predicted octanol–water partition coefficient (Wildman–Crippen LogP) is 4.61. The molecular formula is C24H36O4. The molecule has 4 heteroatoms. The highest BCUT2D eigenvalue weighted by molar-refractivity contribution is 5.91. The first-order valence-electron chi connectivity index (χ1n) is 11.3. The molecule has 0 heterocycles. The Labute approximate surface area is 168 Å². The molecule has 0 aliphatic heterocycles. The molecule has 0 saturated heterocycles. The highest BCUT2D eigenvalue weighted by Crippen LogP contribution is 2.67. The second-order valence-electron chi connectivity index (χ2n) is 10.8. The summed E-state index contributed by atoms with van der Waals surface area (Å²) in [4.78, 5) is 23.0. The number of hydrogen-bond acceptors (Lipinski definition) is 3. The number of carbonyl (C=O) groups excluding carboxylic acids is 1. The van der Waals surface area contributed by atoms with Gasteiger partial charge in [0.25, 0.3) is 0 Å². The Balaban J connectivity index is 1.60. The Morgan fingerprint density at radius 1 is 1.25 bits per heavy atom. The monoisotopic (exact) mass is 388 g/mol. The van der Waals surface area contributed by atoms with Crippen LogP contribution in [0.5, 0.6) is 0 Å². The van der Waals surface area contributed by atoms with Gasteiger partial charge in [-0.1, -0.05) is 26.3 Å². The molecule has 3 fully saturated rings. The van der Waals surface area contributed by atoms with Crippen LogP contribution in [0.4, 0.5) is 0 Å². The number of rotatable bonds is 4. The van der Waals surface area contributed by atoms with Crippen molar-refractivity contribution in [2.24, 2.45) is 40.4 Å². The van der Waals surface area contributed by atoms with E-state index in [1.165, 1.54) is 12.0 Å². The minimum absolute atomic E-state index is 0.0232. The van der Waals surface area contributed by atoms with Gasteiger partial charge in [0.1, 0.15) is 0 Å². The molecule has 3 saturated carbocycles. The Hall–Kier alpha value is -1.16. The largest absolute Gasteiger partial charge is 0.481 e. The van der Waals surface area contributed by atoms with Gasteiger partial charge in [0.2, 0.25) is 0 Å². The molecule has 0 aromatic heterocycles. The van der Waals surface area contributed by atoms with Crippen molar-refractivity contribution in [2.75, 3.05) is 0 Å². The number of allylic oxidation sites excluding steroid dienone is 1. The fourth-order valence-electron chi connectivity index (χ4n) is 8.21. The fraction of sp³-hybridized carbons (Fsp3) is 0.833. The van der Waals surface area contributed by atoms with Gasteiger partial charge in [-0.25, -0.2) is 0 Å². The van der Waals surface area contributed by atoms with Gasteiger partial charge in [-0.2, -0.15) is 0 Å². The van der Waals surface area contributed by atoms with Crippen LogP contribution >= 0.6 is 0 Å². The molecule has 28 heavy (non-hydrogen) atoms. The molecule has 2 N–H and O–H groups in total. The standard InChI is InChI=1S/C24H36O4/c1-14(4-9-21(27)28)18-7-8-19-17-6-5-15-12-16(25)10-11-23(15,2)22(17)20(26)13-24(18,19)3/h12,14,17-20,22,26H,4-11,13H2,1-3H3,(H,27,28)/t14?,17-,18+,19-,20?,22+,23-,24+/m0/s1. The third kappa shape index (κ3) is 2.98. The third-order valence-electron chi connectivity index (χ3n) is 9.47. The lowest BCUT2D eigenvalue weighted by atomic mass is 9.45. The van der Waals surface area contributed by atoms with Crippen LogP contribution in [0.1, 0.15) is 78.6 Å². The number of ketones is 1. The van der Waals surface area contributed by atoms with Crippen LogP contribution in [-0.4, -0.2) is 28.1 Å². The van der Waals surface area contributed by atoms with E-state index in [2.05, 4.69) is 20.8 Å². The lowest BCUT2D eigenvalue weighted by molar-refractivity contribution is -0.140. The second-order valence-corrected chi connectivity index (χ2v) is 10.8. The molecule has 8 atom stereocenters. The number of aliphatic hydroxyl groups is 1. The molecule has 156 valence electrons. The molecular weight excluding hydrogens is 352 g/mol. The van der Waals surface area contributed by atoms with Crippen LogP contribution < -0.4 is 0 Å². The minimum Gasteiger partial charge on any atom is -0.481 e. The smallest absolute Gasteiger partial charge is 0.303 e. The normalized spacial score (nSPS) is 46.2. The summed E-state index contributed by atoms with van der Waals surface area (Å²) in [5.41, 5.74) is 1.38. The van der Waals surface area contributed by atoms with Crippen molar-refractivity contribution in [1.29, 1.82) is 0 Å². The van der Waals surface area contributed by atoms with Gasteiger partial charge >= 0.3 is 5.97 Å². The van der Waals surface area contributed by atoms with Gasteiger partial charge in [0.05, 0.1) is 6.10 Å². The zero-order chi connectivity index (χ0) is 20.3. The van der Waals surface area contributed by atoms with E-state index in [9.17, 15) is 14.7 Å². The zero-order valence-electron chi connectivity index (χ0n) is 17.6. The summed E-state index contributed by atoms with van der Waals surface area (Å²) >= 11 is 0. The average Bonchev–Trinajstić information content (AvgIpc) is 2.96. The molecule has 4 nitrogen and oxygen atoms in total. The summed E-state index contributed by atoms with van der Waals surface area (Å²) in [7, 11) is 0. The Morgan fingerprint density at radius 3 is 2.71 bits per heavy atom. The molecule has 2 unspecified atom stereocenters. The van der Waals surface area contributed by atoms with Gasteiger partial charge in [0, 0.05) is 12.8 Å². The first-order valence-corrected chi connectivity index (χ1v) is 11.3. The van der Waals surface area contributed by atoms with Gasteiger partial charge in [-0.15, -0.1) is 0 Å². The van der Waals surface area contributed by atoms with Crippen LogP contribution in [0.2, 0.25) is 0 Å². The predicted molar refractivity (Wildman–Crippen MR) is 108 cm³/mol. The maximum Gasteiger partial charge on any atom is 0.303 e. The van der Waals surface area contributed by atoms with E-state index in [-0.39, 0.29) is 35.1 Å². The van der Waals surface area contributed by atoms with Crippen LogP contribution in [-0.2, 0) is 9.59 Å². The van der Waals surface area contributed by atoms with Crippen molar-refractivity contribution in [3.8, 4) is 0 Å². The minimum atomic E-state index is -0.707. The van der Waals surface area contributed by atoms with E-state index in [1.54, 1.807) is 0 Å². The van der Waals surface area contributed by atoms with Gasteiger partial charge in [0.15, 0.2) is 5.78 Å². The third-order valence-corrected chi connectivity index (χ3v) is 9.47. The number of carboxylic acids is 1. The zero-order valence-corrected chi connectivity index (χ0v) is 17.6. The molecule has 0 aromatic carbocycles. The number of aliphatic hydroxyl groups excluding tert-OH is 1. The van der Waals surface area contributed by atoms with E-state index < -0.39 is 5.97 Å². The summed E-state index contributed by atoms with van der Waals surface area (Å²) in [6.45, 7) is 6.90. The molecule has 4 aliphatic rings. The quantitative estimate of drug-likeness (QED) is 0.738. The molecule has 4 aliphatic carbocycles. The Morgan fingerprint density at radius 2 is 2.00 bits per heavy atom. The first kappa shape index (κ1) is 20.1. The summed E-state index contributed by atoms with van der Waals surface area (Å²) in [5.74, 6) is 1.86. The summed E-state index contributed by atoms with van der Waals surface area (Å²) in [6.07, 6.45) is 9.35. The van der Waals surface area contributed by atoms with Crippen molar-refractivity contribution in [2.45, 2.75) is 84.7 Å². The van der Waals surface area contributed by atoms with Crippen LogP contribution in [0.3, 0.4) is 0 Å². The van der Waals surface area contributed by atoms with Crippen molar-refractivity contribution in [3.63, 3.8) is 0 Å². The Kier molecular flexibility index (Phi) is 5.01. The van der Waals surface area contributed by atoms with E-state index in [4.69, 9.17) is 5.11 Å². The first-order chi connectivity index (χ1) is 13.2. The van der Waals surface area contributed by atoms with E-state index >= 15 is 0 Å². The van der Waals surface area contributed by atoms with E-state index in [1.807, 2.05) is 6.08 Å². The topological polar surface area (TPSA) is 74.6 Å². The number of carboxylic acid groups (broad SMARTS) is 1. The van der Waals surface area contributed by atoms with Gasteiger partial charge in [-0.3, -0.25) is 9.59 Å². The summed E-state index contributed by atoms with van der Waals surface area (Å²) in [5, 5.41) is 20.5. The van der Waals surface area contributed by atoms with Crippen molar-refractivity contribution >= 4 is 11.8 Å². The van der Waals surface area contributed by atoms with Crippen molar-refractivity contribution < 1.29 is 19.8 Å². The van der Waals surface area contributed by atoms with E-state index in [0.29, 0.717) is 30.1 Å². The number of fused-ring (bicyclic) bond motifs is 5. The van der Waals surface area contributed by atoms with E-state index in [0.717, 1.165) is 38.5 Å². The Bertz CT molecular complexity index is 697. The summed E-state index contributed by atoms with van der Waals surface area (Å²) in [6, 6.07) is 0. The molecule has 0 bridgehead atoms. The van der Waals surface area contributed by atoms with Crippen LogP contribution in [0.25, 0.3) is 0 Å². The lowest BCUT2D eigenvalue weighted by Crippen LogP contribution is -2.56. The molecule has 0 aromatic rings. The molecule has 0 amide bonds. The molecule has 0 radical (unpaired) electrons. The maximum atomic E-state index is 12.0. The summed E-state index contributed by atoms with van der Waals surface area (Å²) < 4.78 is 0. The van der Waals surface area contributed by atoms with Gasteiger partial charge < -0.3 is 10.2 Å². The number of carbonyl (C=O) groups is 2. The van der Waals surface area contributed by atoms with Crippen LogP contribution in [0, 0.1) is 40.4 Å². The number of hydrogen-bond donors (Lipinski definition) is 2. The molecule has 0 spiro atoms. The average molecular weight is 389 g/mol. The lowest BCUT2D eigenvalue weighted by Gasteiger charge is -2.60. The highest BCUT2D eigenvalue weighted by Gasteiger charge is 2.62. The highest BCUT2D eigenvalue weighted by atomic mass is 16.4. The number of aliphatic carboxylic acids is 1. The van der Waals surface area contributed by atoms with Gasteiger partial charge in [-0.05, 0) is 91.4 Å². The van der Waals surface area contributed by atoms with Crippen molar-refractivity contribution in [3.05, 3.63) is 11.6 Å². The maximum absolute atomic E-state index is 12.0. The van der Waals surface area contributed by atoms with Crippen molar-refractivity contribution in [1.82, 2.24) is 0 Å². The SMILES string of the molecule is CC(CCC(=O)O)[C@H]1CC[C@H]2[C@@H]3CCC4=CC(=O)CC[C@]4(C)[C@H]3C(O)C[C@]12C. The second kappa shape index (κ2) is 6.97. The molecule has 4 rings (SSSR count). The van der Waals surface area contributed by atoms with Crippen LogP contribution in [0.15, 0.2) is 11.6 Å².